The first-order valence-electron chi connectivity index (χ1n) is 5.59. The summed E-state index contributed by atoms with van der Waals surface area (Å²) in [6.07, 6.45) is 3.24. The van der Waals surface area contributed by atoms with Crippen molar-refractivity contribution in [2.75, 3.05) is 11.1 Å². The van der Waals surface area contributed by atoms with Gasteiger partial charge in [0, 0.05) is 28.8 Å². The lowest BCUT2D eigenvalue weighted by atomic mass is 10.1. The van der Waals surface area contributed by atoms with Crippen molar-refractivity contribution < 1.29 is 4.79 Å². The fraction of sp³-hybridized carbons (Fsp3) is 0. The molecule has 0 unspecified atom stereocenters. The van der Waals surface area contributed by atoms with Crippen molar-refractivity contribution in [1.82, 2.24) is 9.97 Å². The van der Waals surface area contributed by atoms with Gasteiger partial charge in [0.25, 0.3) is 5.91 Å². The Hall–Kier alpha value is -2.47. The predicted octanol–water partition coefficient (Wildman–Crippen LogP) is 2.53. The highest BCUT2D eigenvalue weighted by atomic mass is 32.1. The highest BCUT2D eigenvalue weighted by Gasteiger charge is 2.13. The van der Waals surface area contributed by atoms with Crippen molar-refractivity contribution in [3.63, 3.8) is 0 Å². The molecule has 94 valence electrons. The number of rotatable bonds is 2. The topological polar surface area (TPSA) is 80.9 Å². The summed E-state index contributed by atoms with van der Waals surface area (Å²) in [6, 6.07) is 7.26. The summed E-state index contributed by atoms with van der Waals surface area (Å²) in [4.78, 5) is 20.3. The lowest BCUT2D eigenvalue weighted by Gasteiger charge is -2.05. The van der Waals surface area contributed by atoms with Crippen LogP contribution in [0.1, 0.15) is 10.5 Å². The number of carbonyl (C=O) groups excluding carboxylic acids is 1. The largest absolute Gasteiger partial charge is 0.399 e. The van der Waals surface area contributed by atoms with Crippen LogP contribution in [-0.2, 0) is 0 Å². The van der Waals surface area contributed by atoms with Crippen molar-refractivity contribution in [2.24, 2.45) is 0 Å². The van der Waals surface area contributed by atoms with E-state index in [1.54, 1.807) is 29.9 Å². The number of pyridine rings is 1. The second-order valence-corrected chi connectivity index (χ2v) is 4.83. The summed E-state index contributed by atoms with van der Waals surface area (Å²) in [7, 11) is 0. The molecular weight excluding hydrogens is 260 g/mol. The monoisotopic (exact) mass is 270 g/mol. The Bertz CT molecular complexity index is 739. The van der Waals surface area contributed by atoms with Gasteiger partial charge in [0.05, 0.1) is 0 Å². The second kappa shape index (κ2) is 4.66. The zero-order chi connectivity index (χ0) is 13.2. The Labute approximate surface area is 113 Å². The molecule has 6 heteroatoms. The highest BCUT2D eigenvalue weighted by molar-refractivity contribution is 7.13. The fourth-order valence-corrected chi connectivity index (χ4v) is 2.33. The molecule has 2 aromatic heterocycles. The number of fused-ring (bicyclic) bond motifs is 1. The molecule has 0 radical (unpaired) electrons. The first-order valence-corrected chi connectivity index (χ1v) is 6.47. The molecule has 19 heavy (non-hydrogen) atoms. The fourth-order valence-electron chi connectivity index (χ4n) is 1.81. The van der Waals surface area contributed by atoms with E-state index in [1.165, 1.54) is 11.3 Å². The van der Waals surface area contributed by atoms with Gasteiger partial charge < -0.3 is 5.73 Å². The first-order chi connectivity index (χ1) is 9.24. The summed E-state index contributed by atoms with van der Waals surface area (Å²) >= 11 is 1.36. The summed E-state index contributed by atoms with van der Waals surface area (Å²) in [5, 5.41) is 6.72. The smallest absolute Gasteiger partial charge is 0.276 e. The number of nitrogens with two attached hydrogens (primary N) is 1. The minimum absolute atomic E-state index is 0.286. The summed E-state index contributed by atoms with van der Waals surface area (Å²) < 4.78 is 0. The third kappa shape index (κ3) is 2.25. The van der Waals surface area contributed by atoms with Gasteiger partial charge in [0.1, 0.15) is 5.69 Å². The van der Waals surface area contributed by atoms with Crippen LogP contribution in [0.4, 0.5) is 10.8 Å². The van der Waals surface area contributed by atoms with Crippen LogP contribution in [0.15, 0.2) is 42.0 Å². The molecule has 2 heterocycles. The van der Waals surface area contributed by atoms with E-state index in [0.29, 0.717) is 16.5 Å². The van der Waals surface area contributed by atoms with E-state index < -0.39 is 0 Å². The van der Waals surface area contributed by atoms with E-state index in [4.69, 9.17) is 5.73 Å². The molecule has 1 amide bonds. The molecule has 1 aromatic carbocycles. The molecule has 0 saturated heterocycles. The Balaban J connectivity index is 2.04. The van der Waals surface area contributed by atoms with Crippen LogP contribution in [-0.4, -0.2) is 15.9 Å². The number of aromatic nitrogens is 2. The lowest BCUT2D eigenvalue weighted by molar-refractivity contribution is 0.102. The van der Waals surface area contributed by atoms with E-state index in [-0.39, 0.29) is 5.91 Å². The Morgan fingerprint density at radius 3 is 2.89 bits per heavy atom. The average Bonchev–Trinajstić information content (AvgIpc) is 2.90. The number of hydrogen-bond acceptors (Lipinski definition) is 5. The van der Waals surface area contributed by atoms with E-state index in [9.17, 15) is 4.79 Å². The van der Waals surface area contributed by atoms with Crippen molar-refractivity contribution in [2.45, 2.75) is 0 Å². The third-order valence-electron chi connectivity index (χ3n) is 2.66. The number of amides is 1. The van der Waals surface area contributed by atoms with E-state index in [0.717, 1.165) is 10.8 Å². The second-order valence-electron chi connectivity index (χ2n) is 3.93. The van der Waals surface area contributed by atoms with E-state index in [2.05, 4.69) is 15.3 Å². The van der Waals surface area contributed by atoms with Crippen LogP contribution in [0.5, 0.6) is 0 Å². The number of carbonyl (C=O) groups is 1. The van der Waals surface area contributed by atoms with E-state index >= 15 is 0 Å². The molecule has 0 bridgehead atoms. The summed E-state index contributed by atoms with van der Waals surface area (Å²) in [6.45, 7) is 0. The Morgan fingerprint density at radius 1 is 1.21 bits per heavy atom. The maximum Gasteiger partial charge on any atom is 0.276 e. The van der Waals surface area contributed by atoms with Crippen LogP contribution < -0.4 is 11.1 Å². The number of nitrogens with one attached hydrogen (secondary N) is 1. The van der Waals surface area contributed by atoms with Crippen molar-refractivity contribution >= 4 is 38.8 Å². The maximum absolute atomic E-state index is 12.2. The molecule has 0 aliphatic heterocycles. The van der Waals surface area contributed by atoms with Crippen LogP contribution in [0.2, 0.25) is 0 Å². The average molecular weight is 270 g/mol. The molecule has 0 spiro atoms. The van der Waals surface area contributed by atoms with Gasteiger partial charge >= 0.3 is 0 Å². The summed E-state index contributed by atoms with van der Waals surface area (Å²) in [5.41, 5.74) is 6.71. The number of thiazole rings is 1. The minimum atomic E-state index is -0.286. The molecule has 3 N–H and O–H groups in total. The van der Waals surface area contributed by atoms with Gasteiger partial charge in [-0.1, -0.05) is 6.07 Å². The Kier molecular flexibility index (Phi) is 2.85. The highest BCUT2D eigenvalue weighted by Crippen LogP contribution is 2.21. The van der Waals surface area contributed by atoms with Gasteiger partial charge in [-0.05, 0) is 23.6 Å². The molecule has 3 rings (SSSR count). The van der Waals surface area contributed by atoms with Crippen molar-refractivity contribution in [3.05, 3.63) is 47.7 Å². The maximum atomic E-state index is 12.2. The van der Waals surface area contributed by atoms with Gasteiger partial charge in [-0.3, -0.25) is 15.1 Å². The number of benzene rings is 1. The normalized spacial score (nSPS) is 10.5. The van der Waals surface area contributed by atoms with Crippen LogP contribution in [0.25, 0.3) is 10.8 Å². The molecule has 0 saturated carbocycles. The van der Waals surface area contributed by atoms with Gasteiger partial charge in [0.2, 0.25) is 0 Å². The van der Waals surface area contributed by atoms with Crippen LogP contribution in [0.3, 0.4) is 0 Å². The lowest BCUT2D eigenvalue weighted by Crippen LogP contribution is -2.14. The zero-order valence-electron chi connectivity index (χ0n) is 9.83. The minimum Gasteiger partial charge on any atom is -0.399 e. The van der Waals surface area contributed by atoms with Crippen LogP contribution in [0, 0.1) is 0 Å². The number of nitrogens with zero attached hydrogens (tertiary/aromatic N) is 2. The molecule has 0 aliphatic rings. The molecule has 3 aromatic rings. The molecule has 0 atom stereocenters. The van der Waals surface area contributed by atoms with Crippen LogP contribution >= 0.6 is 11.3 Å². The Morgan fingerprint density at radius 2 is 2.11 bits per heavy atom. The standard InChI is InChI=1S/C13H10N4OS/c14-9-2-1-8-3-4-15-11(10(8)7-9)12(18)17-13-16-5-6-19-13/h1-7H,14H2,(H,16,17,18). The third-order valence-corrected chi connectivity index (χ3v) is 3.35. The number of anilines is 2. The van der Waals surface area contributed by atoms with E-state index in [1.807, 2.05) is 12.1 Å². The quantitative estimate of drug-likeness (QED) is 0.701. The zero-order valence-corrected chi connectivity index (χ0v) is 10.6. The SMILES string of the molecule is Nc1ccc2ccnc(C(=O)Nc3nccs3)c2c1. The van der Waals surface area contributed by atoms with Crippen molar-refractivity contribution in [3.8, 4) is 0 Å². The van der Waals surface area contributed by atoms with Gasteiger partial charge in [-0.25, -0.2) is 4.98 Å². The first kappa shape index (κ1) is 11.6. The van der Waals surface area contributed by atoms with Crippen molar-refractivity contribution in [1.29, 1.82) is 0 Å². The van der Waals surface area contributed by atoms with Gasteiger partial charge in [0.15, 0.2) is 5.13 Å². The molecule has 0 fully saturated rings. The molecular formula is C13H10N4OS. The molecule has 5 nitrogen and oxygen atoms in total. The van der Waals surface area contributed by atoms with Gasteiger partial charge in [-0.15, -0.1) is 11.3 Å². The summed E-state index contributed by atoms with van der Waals surface area (Å²) in [5.74, 6) is -0.286. The predicted molar refractivity (Wildman–Crippen MR) is 76.2 cm³/mol. The molecule has 0 aliphatic carbocycles. The van der Waals surface area contributed by atoms with Gasteiger partial charge in [-0.2, -0.15) is 0 Å². The number of nitrogen functional groups attached to an aromatic ring is 1. The number of hydrogen-bond donors (Lipinski definition) is 2.